The molecule has 0 atom stereocenters. The molecule has 0 saturated heterocycles. The molecule has 76 valence electrons. The Hall–Kier alpha value is -1.19. The normalized spacial score (nSPS) is 18.4. The summed E-state index contributed by atoms with van der Waals surface area (Å²) in [6.07, 6.45) is 6.00. The Morgan fingerprint density at radius 3 is 2.64 bits per heavy atom. The Kier molecular flexibility index (Phi) is 2.61. The van der Waals surface area contributed by atoms with E-state index in [2.05, 4.69) is 10.1 Å². The molecule has 0 radical (unpaired) electrons. The van der Waals surface area contributed by atoms with E-state index in [-0.39, 0.29) is 11.7 Å². The fourth-order valence-electron chi connectivity index (χ4n) is 1.90. The summed E-state index contributed by atoms with van der Waals surface area (Å²) < 4.78 is 4.87. The second kappa shape index (κ2) is 3.90. The predicted molar refractivity (Wildman–Crippen MR) is 50.1 cm³/mol. The number of hydrogen-bond acceptors (Lipinski definition) is 4. The van der Waals surface area contributed by atoms with Gasteiger partial charge in [0.1, 0.15) is 0 Å². The highest BCUT2D eigenvalue weighted by molar-refractivity contribution is 5.89. The number of nitrogens with zero attached hydrogens (tertiary/aromatic N) is 2. The van der Waals surface area contributed by atoms with Gasteiger partial charge in [-0.25, -0.2) is 0 Å². The summed E-state index contributed by atoms with van der Waals surface area (Å²) in [7, 11) is 0. The number of hydrogen-bond donors (Lipinski definition) is 0. The summed E-state index contributed by atoms with van der Waals surface area (Å²) in [4.78, 5) is 15.1. The largest absolute Gasteiger partial charge is 0.331 e. The highest BCUT2D eigenvalue weighted by Gasteiger charge is 2.21. The molecular formula is C10H14N2O2. The molecule has 2 rings (SSSR count). The Bertz CT molecular complexity index is 327. The molecule has 14 heavy (non-hydrogen) atoms. The van der Waals surface area contributed by atoms with Crippen LogP contribution in [0, 0.1) is 0 Å². The highest BCUT2D eigenvalue weighted by Crippen LogP contribution is 2.30. The van der Waals surface area contributed by atoms with Crippen LogP contribution in [0.2, 0.25) is 0 Å². The Morgan fingerprint density at radius 1 is 1.36 bits per heavy atom. The van der Waals surface area contributed by atoms with E-state index in [0.717, 1.165) is 18.7 Å². The van der Waals surface area contributed by atoms with Crippen LogP contribution in [-0.4, -0.2) is 15.9 Å². The third kappa shape index (κ3) is 1.84. The fourth-order valence-corrected chi connectivity index (χ4v) is 1.90. The average molecular weight is 194 g/mol. The maximum atomic E-state index is 10.9. The van der Waals surface area contributed by atoms with Gasteiger partial charge in [-0.3, -0.25) is 4.79 Å². The quantitative estimate of drug-likeness (QED) is 0.678. The van der Waals surface area contributed by atoms with E-state index in [1.165, 1.54) is 26.2 Å². The van der Waals surface area contributed by atoms with Gasteiger partial charge < -0.3 is 4.52 Å². The van der Waals surface area contributed by atoms with E-state index in [0.29, 0.717) is 5.92 Å². The van der Waals surface area contributed by atoms with Gasteiger partial charge in [-0.15, -0.1) is 0 Å². The number of carbonyl (C=O) groups excluding carboxylic acids is 1. The minimum Gasteiger partial charge on any atom is -0.331 e. The Labute approximate surface area is 82.7 Å². The zero-order chi connectivity index (χ0) is 9.97. The first-order valence-corrected chi connectivity index (χ1v) is 5.12. The first-order chi connectivity index (χ1) is 6.77. The second-order valence-corrected chi connectivity index (χ2v) is 3.85. The van der Waals surface area contributed by atoms with E-state index < -0.39 is 0 Å². The van der Waals surface area contributed by atoms with Gasteiger partial charge in [-0.1, -0.05) is 24.4 Å². The lowest BCUT2D eigenvalue weighted by molar-refractivity contribution is 0.0972. The van der Waals surface area contributed by atoms with Crippen LogP contribution in [0.15, 0.2) is 4.52 Å². The number of carbonyl (C=O) groups is 1. The number of Topliss-reactive ketones (excluding diaryl/α,β-unsaturated/α-hetero) is 1. The van der Waals surface area contributed by atoms with Crippen LogP contribution >= 0.6 is 0 Å². The third-order valence-electron chi connectivity index (χ3n) is 2.71. The monoisotopic (exact) mass is 194 g/mol. The van der Waals surface area contributed by atoms with Crippen molar-refractivity contribution in [1.29, 1.82) is 0 Å². The van der Waals surface area contributed by atoms with Gasteiger partial charge in [-0.2, -0.15) is 4.98 Å². The van der Waals surface area contributed by atoms with Crippen LogP contribution in [0.4, 0.5) is 0 Å². The maximum Gasteiger partial charge on any atom is 0.293 e. The van der Waals surface area contributed by atoms with Crippen molar-refractivity contribution in [3.63, 3.8) is 0 Å². The first kappa shape index (κ1) is 9.37. The smallest absolute Gasteiger partial charge is 0.293 e. The fraction of sp³-hybridized carbons (Fsp3) is 0.700. The molecule has 1 aliphatic rings. The van der Waals surface area contributed by atoms with Crippen LogP contribution < -0.4 is 0 Å². The minimum absolute atomic E-state index is 0.144. The molecule has 1 aromatic heterocycles. The molecule has 0 bridgehead atoms. The van der Waals surface area contributed by atoms with E-state index in [1.54, 1.807) is 0 Å². The molecule has 0 spiro atoms. The van der Waals surface area contributed by atoms with Crippen LogP contribution in [0.25, 0.3) is 0 Å². The van der Waals surface area contributed by atoms with E-state index >= 15 is 0 Å². The third-order valence-corrected chi connectivity index (χ3v) is 2.71. The molecule has 0 unspecified atom stereocenters. The summed E-state index contributed by atoms with van der Waals surface area (Å²) in [5, 5.41) is 3.85. The molecule has 0 aliphatic heterocycles. The lowest BCUT2D eigenvalue weighted by Gasteiger charge is -2.17. The summed E-state index contributed by atoms with van der Waals surface area (Å²) in [6, 6.07) is 0. The van der Waals surface area contributed by atoms with E-state index in [9.17, 15) is 4.79 Å². The van der Waals surface area contributed by atoms with Crippen molar-refractivity contribution >= 4 is 5.78 Å². The zero-order valence-electron chi connectivity index (χ0n) is 8.32. The molecule has 4 heteroatoms. The summed E-state index contributed by atoms with van der Waals surface area (Å²) in [5.41, 5.74) is 0. The maximum absolute atomic E-state index is 10.9. The molecule has 1 aromatic rings. The molecule has 1 heterocycles. The van der Waals surface area contributed by atoms with Crippen LogP contribution in [0.1, 0.15) is 61.5 Å². The van der Waals surface area contributed by atoms with Gasteiger partial charge in [0, 0.05) is 12.8 Å². The Balaban J connectivity index is 2.11. The number of rotatable bonds is 2. The molecular weight excluding hydrogens is 180 g/mol. The van der Waals surface area contributed by atoms with E-state index in [4.69, 9.17) is 4.52 Å². The predicted octanol–water partition coefficient (Wildman–Crippen LogP) is 2.32. The van der Waals surface area contributed by atoms with E-state index in [1.807, 2.05) is 0 Å². The van der Waals surface area contributed by atoms with Crippen molar-refractivity contribution < 1.29 is 9.32 Å². The van der Waals surface area contributed by atoms with Crippen LogP contribution in [0.3, 0.4) is 0 Å². The topological polar surface area (TPSA) is 56.0 Å². The van der Waals surface area contributed by atoms with Crippen molar-refractivity contribution in [2.45, 2.75) is 44.9 Å². The molecule has 1 aliphatic carbocycles. The summed E-state index contributed by atoms with van der Waals surface area (Å²) in [5.74, 6) is 1.11. The molecule has 1 saturated carbocycles. The second-order valence-electron chi connectivity index (χ2n) is 3.85. The molecule has 1 fully saturated rings. The van der Waals surface area contributed by atoms with Gasteiger partial charge >= 0.3 is 0 Å². The number of ketones is 1. The molecule has 4 nitrogen and oxygen atoms in total. The summed E-state index contributed by atoms with van der Waals surface area (Å²) >= 11 is 0. The SMILES string of the molecule is CC(=O)c1nc(C2CCCCC2)no1. The highest BCUT2D eigenvalue weighted by atomic mass is 16.5. The van der Waals surface area contributed by atoms with Crippen molar-refractivity contribution in [3.8, 4) is 0 Å². The van der Waals surface area contributed by atoms with Gasteiger partial charge in [-0.05, 0) is 12.8 Å². The lowest BCUT2D eigenvalue weighted by atomic mass is 9.89. The summed E-state index contributed by atoms with van der Waals surface area (Å²) in [6.45, 7) is 1.44. The molecule has 0 N–H and O–H groups in total. The van der Waals surface area contributed by atoms with Crippen LogP contribution in [-0.2, 0) is 0 Å². The van der Waals surface area contributed by atoms with Crippen LogP contribution in [0.5, 0.6) is 0 Å². The molecule has 0 aromatic carbocycles. The standard InChI is InChI=1S/C10H14N2O2/c1-7(13)10-11-9(12-14-10)8-5-3-2-4-6-8/h8H,2-6H2,1H3. The minimum atomic E-state index is -0.153. The Morgan fingerprint density at radius 2 is 2.07 bits per heavy atom. The first-order valence-electron chi connectivity index (χ1n) is 5.12. The van der Waals surface area contributed by atoms with Crippen molar-refractivity contribution in [2.24, 2.45) is 0 Å². The van der Waals surface area contributed by atoms with Gasteiger partial charge in [0.25, 0.3) is 5.89 Å². The van der Waals surface area contributed by atoms with Crippen molar-refractivity contribution in [1.82, 2.24) is 10.1 Å². The van der Waals surface area contributed by atoms with Crippen molar-refractivity contribution in [3.05, 3.63) is 11.7 Å². The molecule has 0 amide bonds. The lowest BCUT2D eigenvalue weighted by Crippen LogP contribution is -2.06. The van der Waals surface area contributed by atoms with Gasteiger partial charge in [0.05, 0.1) is 0 Å². The average Bonchev–Trinajstić information content (AvgIpc) is 2.68. The van der Waals surface area contributed by atoms with Gasteiger partial charge in [0.15, 0.2) is 5.82 Å². The van der Waals surface area contributed by atoms with Gasteiger partial charge in [0.2, 0.25) is 5.78 Å². The number of aromatic nitrogens is 2. The zero-order valence-corrected chi connectivity index (χ0v) is 8.32. The van der Waals surface area contributed by atoms with Crippen molar-refractivity contribution in [2.75, 3.05) is 0 Å².